The first-order valence-electron chi connectivity index (χ1n) is 21.1. The number of rotatable bonds is 8. The van der Waals surface area contributed by atoms with Crippen LogP contribution in [-0.4, -0.2) is 24.3 Å². The van der Waals surface area contributed by atoms with E-state index in [1.165, 1.54) is 0 Å². The number of fused-ring (bicyclic) bond motifs is 1. The molecule has 0 saturated carbocycles. The summed E-state index contributed by atoms with van der Waals surface area (Å²) in [6.45, 7) is 0. The highest BCUT2D eigenvalue weighted by molar-refractivity contribution is 5.85. The number of benzene rings is 7. The monoisotopic (exact) mass is 734 g/mol. The molecule has 0 atom stereocenters. The van der Waals surface area contributed by atoms with Crippen LogP contribution in [0.1, 0.15) is 6.85 Å². The molecule has 10 rings (SSSR count). The Morgan fingerprint density at radius 2 is 0.772 bits per heavy atom. The first-order chi connectivity index (χ1) is 30.3. The van der Waals surface area contributed by atoms with E-state index in [0.29, 0.717) is 28.6 Å². The molecule has 0 amide bonds. The van der Waals surface area contributed by atoms with Gasteiger partial charge in [0.15, 0.2) is 17.5 Å². The molecule has 0 radical (unpaired) electrons. The second-order valence-electron chi connectivity index (χ2n) is 13.6. The number of hydrogen-bond acceptors (Lipinski definition) is 4. The highest BCUT2D eigenvalue weighted by Crippen LogP contribution is 2.37. The summed E-state index contributed by atoms with van der Waals surface area (Å²) in [5.74, 6) is 1.31. The first-order valence-corrected chi connectivity index (χ1v) is 18.6. The van der Waals surface area contributed by atoms with E-state index in [-0.39, 0.29) is 17.6 Å². The van der Waals surface area contributed by atoms with Gasteiger partial charge in [0.2, 0.25) is 0 Å². The van der Waals surface area contributed by atoms with Crippen molar-refractivity contribution in [2.75, 3.05) is 0 Å². The molecule has 0 unspecified atom stereocenters. The summed E-state index contributed by atoms with van der Waals surface area (Å²) in [6, 6.07) is 56.0. The summed E-state index contributed by atoms with van der Waals surface area (Å²) in [6.07, 6.45) is 2.01. The topological polar surface area (TPSA) is 56.0 Å². The molecule has 0 spiro atoms. The van der Waals surface area contributed by atoms with Crippen LogP contribution in [0.15, 0.2) is 212 Å². The quantitative estimate of drug-likeness (QED) is 0.156. The van der Waals surface area contributed by atoms with E-state index in [2.05, 4.69) is 40.8 Å². The summed E-state index contributed by atoms with van der Waals surface area (Å²) in [5.41, 5.74) is 11.1. The number of pyridine rings is 1. The maximum atomic E-state index is 8.94. The maximum absolute atomic E-state index is 8.94. The minimum Gasteiger partial charge on any atom is -0.299 e. The van der Waals surface area contributed by atoms with Crippen LogP contribution >= 0.6 is 0 Å². The standard InChI is InChI=1S/C52H35N5/c1-5-15-36(16-6-1)38-26-30-43(31-27-38)51-54-50(42-21-11-4-12-22-42)55-52(56-51)46-34-44(37-17-7-2-8-18-37)33-45(35-46)39-24-28-41(29-25-39)49-48(40-19-9-3-10-20-40)53-47-23-13-14-32-57(47)49/h1-35H/i2D,7D,8D,17D,18D. The first kappa shape index (κ1) is 28.7. The summed E-state index contributed by atoms with van der Waals surface area (Å²) < 4.78 is 45.3. The summed E-state index contributed by atoms with van der Waals surface area (Å²) in [4.78, 5) is 20.0. The summed E-state index contributed by atoms with van der Waals surface area (Å²) in [5, 5.41) is 0. The van der Waals surface area contributed by atoms with Crippen LogP contribution in [0.5, 0.6) is 0 Å². The van der Waals surface area contributed by atoms with Crippen molar-refractivity contribution in [3.8, 4) is 90.1 Å². The largest absolute Gasteiger partial charge is 0.299 e. The van der Waals surface area contributed by atoms with E-state index in [4.69, 9.17) is 26.8 Å². The van der Waals surface area contributed by atoms with E-state index in [9.17, 15) is 0 Å². The van der Waals surface area contributed by atoms with Crippen LogP contribution in [0.3, 0.4) is 0 Å². The molecule has 3 aromatic heterocycles. The van der Waals surface area contributed by atoms with Crippen molar-refractivity contribution in [1.82, 2.24) is 24.3 Å². The van der Waals surface area contributed by atoms with Crippen LogP contribution in [0, 0.1) is 0 Å². The normalized spacial score (nSPS) is 12.4. The highest BCUT2D eigenvalue weighted by atomic mass is 15.0. The van der Waals surface area contributed by atoms with Crippen molar-refractivity contribution in [3.63, 3.8) is 0 Å². The molecular weight excluding hydrogens is 695 g/mol. The zero-order valence-corrected chi connectivity index (χ0v) is 30.6. The SMILES string of the molecule is [2H]c1c([2H])c([2H])c(-c2cc(-c3ccc(-c4c(-c5ccccc5)nc5ccccn45)cc3)cc(-c3nc(-c4ccccc4)nc(-c4ccc(-c5ccccc5)cc4)n3)c2)c([2H])c1[2H]. The third-order valence-corrected chi connectivity index (χ3v) is 9.97. The van der Waals surface area contributed by atoms with Gasteiger partial charge in [-0.25, -0.2) is 19.9 Å². The number of imidazole rings is 1. The highest BCUT2D eigenvalue weighted by Gasteiger charge is 2.18. The third kappa shape index (κ3) is 6.79. The lowest BCUT2D eigenvalue weighted by Crippen LogP contribution is -2.00. The number of nitrogens with zero attached hydrogens (tertiary/aromatic N) is 5. The second-order valence-corrected chi connectivity index (χ2v) is 13.6. The molecule has 0 aliphatic carbocycles. The van der Waals surface area contributed by atoms with E-state index in [0.717, 1.165) is 61.5 Å². The Hall–Kier alpha value is -7.76. The Morgan fingerprint density at radius 3 is 1.40 bits per heavy atom. The van der Waals surface area contributed by atoms with Gasteiger partial charge in [-0.1, -0.05) is 176 Å². The molecule has 0 aliphatic heterocycles. The molecule has 0 N–H and O–H groups in total. The van der Waals surface area contributed by atoms with E-state index < -0.39 is 18.1 Å². The molecular formula is C52H35N5. The van der Waals surface area contributed by atoms with Gasteiger partial charge in [-0.3, -0.25) is 4.40 Å². The van der Waals surface area contributed by atoms with Gasteiger partial charge in [-0.2, -0.15) is 0 Å². The van der Waals surface area contributed by atoms with Crippen LogP contribution in [0.2, 0.25) is 0 Å². The Bertz CT molecular complexity index is 3240. The third-order valence-electron chi connectivity index (χ3n) is 9.97. The molecule has 0 aliphatic rings. The van der Waals surface area contributed by atoms with Crippen LogP contribution in [-0.2, 0) is 0 Å². The molecule has 3 heterocycles. The van der Waals surface area contributed by atoms with Gasteiger partial charge in [0.25, 0.3) is 0 Å². The molecule has 10 aromatic rings. The van der Waals surface area contributed by atoms with Crippen molar-refractivity contribution in [1.29, 1.82) is 0 Å². The lowest BCUT2D eigenvalue weighted by atomic mass is 9.94. The maximum Gasteiger partial charge on any atom is 0.164 e. The van der Waals surface area contributed by atoms with Crippen LogP contribution in [0.25, 0.3) is 95.7 Å². The summed E-state index contributed by atoms with van der Waals surface area (Å²) >= 11 is 0. The molecule has 57 heavy (non-hydrogen) atoms. The second kappa shape index (κ2) is 14.8. The zero-order valence-electron chi connectivity index (χ0n) is 35.6. The van der Waals surface area contributed by atoms with Crippen LogP contribution < -0.4 is 0 Å². The molecule has 7 aromatic carbocycles. The molecule has 0 fully saturated rings. The van der Waals surface area contributed by atoms with Crippen molar-refractivity contribution in [2.24, 2.45) is 0 Å². The number of aromatic nitrogens is 5. The molecule has 5 nitrogen and oxygen atoms in total. The van der Waals surface area contributed by atoms with E-state index in [1.807, 2.05) is 140 Å². The average Bonchev–Trinajstić information content (AvgIpc) is 3.73. The molecule has 0 saturated heterocycles. The van der Waals surface area contributed by atoms with Crippen molar-refractivity contribution in [2.45, 2.75) is 0 Å². The van der Waals surface area contributed by atoms with Gasteiger partial charge in [-0.15, -0.1) is 0 Å². The Morgan fingerprint density at radius 1 is 0.333 bits per heavy atom. The minimum atomic E-state index is -0.453. The fourth-order valence-corrected chi connectivity index (χ4v) is 7.14. The van der Waals surface area contributed by atoms with Gasteiger partial charge < -0.3 is 0 Å². The van der Waals surface area contributed by atoms with Gasteiger partial charge in [-0.05, 0) is 63.7 Å². The van der Waals surface area contributed by atoms with Gasteiger partial charge >= 0.3 is 0 Å². The smallest absolute Gasteiger partial charge is 0.164 e. The molecule has 268 valence electrons. The summed E-state index contributed by atoms with van der Waals surface area (Å²) in [7, 11) is 0. The predicted octanol–water partition coefficient (Wildman–Crippen LogP) is 12.9. The minimum absolute atomic E-state index is 0.0861. The van der Waals surface area contributed by atoms with Crippen molar-refractivity contribution in [3.05, 3.63) is 212 Å². The van der Waals surface area contributed by atoms with E-state index >= 15 is 0 Å². The van der Waals surface area contributed by atoms with E-state index in [1.54, 1.807) is 6.07 Å². The van der Waals surface area contributed by atoms with Gasteiger partial charge in [0, 0.05) is 34.0 Å². The lowest BCUT2D eigenvalue weighted by Gasteiger charge is -2.13. The van der Waals surface area contributed by atoms with Crippen molar-refractivity contribution < 1.29 is 6.85 Å². The zero-order chi connectivity index (χ0) is 42.3. The Kier molecular flexibility index (Phi) is 7.45. The van der Waals surface area contributed by atoms with Gasteiger partial charge in [0.1, 0.15) is 5.65 Å². The molecule has 0 bridgehead atoms. The fourth-order valence-electron chi connectivity index (χ4n) is 7.14. The lowest BCUT2D eigenvalue weighted by molar-refractivity contribution is 1.07. The number of hydrogen-bond donors (Lipinski definition) is 0. The van der Waals surface area contributed by atoms with Crippen LogP contribution in [0.4, 0.5) is 0 Å². The average molecular weight is 735 g/mol. The van der Waals surface area contributed by atoms with Gasteiger partial charge in [0.05, 0.1) is 18.2 Å². The Balaban J connectivity index is 1.15. The molecule has 5 heteroatoms. The van der Waals surface area contributed by atoms with Crippen molar-refractivity contribution >= 4 is 5.65 Å². The fraction of sp³-hybridized carbons (Fsp3) is 0. The predicted molar refractivity (Wildman–Crippen MR) is 232 cm³/mol. The Labute approximate surface area is 338 Å².